The number of aromatic nitrogens is 2. The number of rotatable bonds is 4. The van der Waals surface area contributed by atoms with Gasteiger partial charge < -0.3 is 4.42 Å². The van der Waals surface area contributed by atoms with Crippen LogP contribution in [-0.4, -0.2) is 9.97 Å². The number of nitrogens with zero attached hydrogens (tertiary/aromatic N) is 2. The maximum Gasteiger partial charge on any atom is 0.231 e. The zero-order chi connectivity index (χ0) is 40.1. The van der Waals surface area contributed by atoms with Crippen LogP contribution in [0.4, 0.5) is 0 Å². The number of furan rings is 1. The van der Waals surface area contributed by atoms with Gasteiger partial charge in [-0.3, -0.25) is 0 Å². The van der Waals surface area contributed by atoms with E-state index < -0.39 is 0 Å². The molecule has 2 spiro atoms. The molecule has 0 radical (unpaired) electrons. The predicted molar refractivity (Wildman–Crippen MR) is 250 cm³/mol. The van der Waals surface area contributed by atoms with Gasteiger partial charge in [0.25, 0.3) is 0 Å². The van der Waals surface area contributed by atoms with Gasteiger partial charge in [-0.15, -0.1) is 0 Å². The third kappa shape index (κ3) is 5.22. The number of hydrogen-bond acceptors (Lipinski definition) is 3. The van der Waals surface area contributed by atoms with Crippen LogP contribution in [0.3, 0.4) is 0 Å². The maximum atomic E-state index is 6.33. The average Bonchev–Trinajstić information content (AvgIpc) is 3.93. The summed E-state index contributed by atoms with van der Waals surface area (Å²) < 4.78 is 6.33. The van der Waals surface area contributed by atoms with Gasteiger partial charge in [0.1, 0.15) is 5.58 Å². The second-order valence-corrected chi connectivity index (χ2v) is 18.2. The van der Waals surface area contributed by atoms with Gasteiger partial charge in [-0.1, -0.05) is 166 Å². The first-order chi connectivity index (χ1) is 30.2. The standard InChI is InChI=1S/C58H46N2O/c1-4-15-39(16-5-1)54-53-45-20-7-9-22-52(45)61-56(53)60-55(59-54)42-18-14-17-40(33-42)37-23-25-38(26-24-37)41-27-28-44-47-36-50-46(35-51(47)58(49(44)34-41)31-12-3-13-32-58)43-19-6-8-21-48(43)57(50)29-10-2-11-30-57/h1,4-9,14-28,33-36H,2-3,10-13,29-32H2. The third-order valence-corrected chi connectivity index (χ3v) is 15.1. The molecule has 4 aliphatic carbocycles. The molecule has 3 heteroatoms. The summed E-state index contributed by atoms with van der Waals surface area (Å²) in [6, 6.07) is 58.5. The van der Waals surface area contributed by atoms with E-state index in [4.69, 9.17) is 14.4 Å². The lowest BCUT2D eigenvalue weighted by Gasteiger charge is -2.37. The first-order valence-electron chi connectivity index (χ1n) is 22.6. The summed E-state index contributed by atoms with van der Waals surface area (Å²) in [7, 11) is 0. The van der Waals surface area contributed by atoms with Crippen LogP contribution in [0.2, 0.25) is 0 Å². The molecule has 0 N–H and O–H groups in total. The Labute approximate surface area is 357 Å². The normalized spacial score (nSPS) is 16.8. The summed E-state index contributed by atoms with van der Waals surface area (Å²) in [5.41, 5.74) is 21.8. The van der Waals surface area contributed by atoms with Crippen LogP contribution in [-0.2, 0) is 10.8 Å². The number of para-hydroxylation sites is 1. The Hall–Kier alpha value is -6.58. The van der Waals surface area contributed by atoms with Crippen LogP contribution in [0.5, 0.6) is 0 Å². The Balaban J connectivity index is 0.865. The van der Waals surface area contributed by atoms with Crippen LogP contribution in [0, 0.1) is 0 Å². The Kier molecular flexibility index (Phi) is 7.77. The van der Waals surface area contributed by atoms with Crippen molar-refractivity contribution in [3.8, 4) is 67.2 Å². The quantitative estimate of drug-likeness (QED) is 0.178. The summed E-state index contributed by atoms with van der Waals surface area (Å²) >= 11 is 0. The maximum absolute atomic E-state index is 6.33. The molecule has 0 atom stereocenters. The van der Waals surface area contributed by atoms with Gasteiger partial charge in [0.2, 0.25) is 5.71 Å². The van der Waals surface area contributed by atoms with E-state index >= 15 is 0 Å². The second kappa shape index (κ2) is 13.5. The second-order valence-electron chi connectivity index (χ2n) is 18.2. The Morgan fingerprint density at radius 2 is 0.934 bits per heavy atom. The molecule has 2 saturated carbocycles. The highest BCUT2D eigenvalue weighted by Crippen LogP contribution is 2.62. The summed E-state index contributed by atoms with van der Waals surface area (Å²) in [5.74, 6) is 0.656. The molecule has 294 valence electrons. The first-order valence-corrected chi connectivity index (χ1v) is 22.6. The van der Waals surface area contributed by atoms with E-state index in [-0.39, 0.29) is 10.8 Å². The molecule has 0 unspecified atom stereocenters. The topological polar surface area (TPSA) is 38.9 Å². The lowest BCUT2D eigenvalue weighted by molar-refractivity contribution is 0.350. The Morgan fingerprint density at radius 3 is 1.67 bits per heavy atom. The smallest absolute Gasteiger partial charge is 0.231 e. The molecule has 4 aliphatic rings. The first kappa shape index (κ1) is 35.2. The van der Waals surface area contributed by atoms with Crippen LogP contribution >= 0.6 is 0 Å². The number of hydrogen-bond donors (Lipinski definition) is 0. The summed E-state index contributed by atoms with van der Waals surface area (Å²) in [6.45, 7) is 0. The van der Waals surface area contributed by atoms with Gasteiger partial charge in [0.15, 0.2) is 5.82 Å². The van der Waals surface area contributed by atoms with Crippen molar-refractivity contribution in [2.24, 2.45) is 0 Å². The van der Waals surface area contributed by atoms with E-state index in [1.54, 1.807) is 22.3 Å². The van der Waals surface area contributed by atoms with Crippen molar-refractivity contribution in [1.29, 1.82) is 0 Å². The minimum absolute atomic E-state index is 0.0828. The monoisotopic (exact) mass is 786 g/mol. The summed E-state index contributed by atoms with van der Waals surface area (Å²) in [4.78, 5) is 10.2. The third-order valence-electron chi connectivity index (χ3n) is 15.1. The zero-order valence-electron chi connectivity index (χ0n) is 34.4. The van der Waals surface area contributed by atoms with Gasteiger partial charge in [-0.2, -0.15) is 4.98 Å². The van der Waals surface area contributed by atoms with E-state index in [1.807, 2.05) is 24.3 Å². The van der Waals surface area contributed by atoms with Crippen molar-refractivity contribution in [3.63, 3.8) is 0 Å². The molecular weight excluding hydrogens is 741 g/mol. The minimum Gasteiger partial charge on any atom is -0.438 e. The van der Waals surface area contributed by atoms with Crippen LogP contribution in [0.15, 0.2) is 162 Å². The molecular formula is C58H46N2O. The Morgan fingerprint density at radius 1 is 0.377 bits per heavy atom. The van der Waals surface area contributed by atoms with E-state index in [0.717, 1.165) is 38.7 Å². The fraction of sp³-hybridized carbons (Fsp3) is 0.207. The lowest BCUT2D eigenvalue weighted by atomic mass is 9.66. The fourth-order valence-corrected chi connectivity index (χ4v) is 12.3. The molecule has 13 rings (SSSR count). The van der Waals surface area contributed by atoms with Crippen LogP contribution in [0.25, 0.3) is 89.2 Å². The van der Waals surface area contributed by atoms with Gasteiger partial charge in [0.05, 0.1) is 11.1 Å². The van der Waals surface area contributed by atoms with Crippen molar-refractivity contribution in [3.05, 3.63) is 180 Å². The summed E-state index contributed by atoms with van der Waals surface area (Å²) in [5, 5.41) is 1.98. The van der Waals surface area contributed by atoms with Gasteiger partial charge >= 0.3 is 0 Å². The lowest BCUT2D eigenvalue weighted by Crippen LogP contribution is -2.29. The molecule has 61 heavy (non-hydrogen) atoms. The molecule has 0 aliphatic heterocycles. The van der Waals surface area contributed by atoms with Crippen molar-refractivity contribution in [2.75, 3.05) is 0 Å². The van der Waals surface area contributed by atoms with E-state index in [2.05, 4.69) is 133 Å². The number of fused-ring (bicyclic) bond motifs is 13. The van der Waals surface area contributed by atoms with E-state index in [0.29, 0.717) is 11.5 Å². The van der Waals surface area contributed by atoms with Crippen molar-refractivity contribution in [1.82, 2.24) is 9.97 Å². The minimum atomic E-state index is 0.0828. The molecule has 7 aromatic carbocycles. The molecule has 9 aromatic rings. The highest BCUT2D eigenvalue weighted by atomic mass is 16.3. The molecule has 2 fully saturated rings. The highest BCUT2D eigenvalue weighted by molar-refractivity contribution is 6.10. The van der Waals surface area contributed by atoms with Gasteiger partial charge in [0, 0.05) is 27.3 Å². The zero-order valence-corrected chi connectivity index (χ0v) is 34.4. The average molecular weight is 787 g/mol. The summed E-state index contributed by atoms with van der Waals surface area (Å²) in [6.07, 6.45) is 12.9. The van der Waals surface area contributed by atoms with Crippen molar-refractivity contribution >= 4 is 22.1 Å². The largest absolute Gasteiger partial charge is 0.438 e. The SMILES string of the molecule is c1ccc(-c2nc(-c3cccc(-c4ccc(-c5ccc6c(c5)C5(CCCCC5)c5cc7c(cc5-6)C5(CCCCC5)c5ccccc5-7)cc4)c3)nc3oc4ccccc4c23)cc1. The van der Waals surface area contributed by atoms with E-state index in [1.165, 1.54) is 103 Å². The fourth-order valence-electron chi connectivity index (χ4n) is 12.3. The van der Waals surface area contributed by atoms with Crippen molar-refractivity contribution < 1.29 is 4.42 Å². The van der Waals surface area contributed by atoms with E-state index in [9.17, 15) is 0 Å². The molecule has 0 bridgehead atoms. The Bertz CT molecular complexity index is 3200. The molecule has 0 amide bonds. The van der Waals surface area contributed by atoms with Crippen LogP contribution < -0.4 is 0 Å². The molecule has 0 saturated heterocycles. The number of benzene rings is 7. The molecule has 3 nitrogen and oxygen atoms in total. The molecule has 2 heterocycles. The molecule has 2 aromatic heterocycles. The van der Waals surface area contributed by atoms with Crippen molar-refractivity contribution in [2.45, 2.75) is 75.0 Å². The van der Waals surface area contributed by atoms with Gasteiger partial charge in [-0.05, 0) is 123 Å². The van der Waals surface area contributed by atoms with Crippen LogP contribution in [0.1, 0.15) is 86.5 Å². The predicted octanol–water partition coefficient (Wildman–Crippen LogP) is 15.5. The highest BCUT2D eigenvalue weighted by Gasteiger charge is 2.49. The van der Waals surface area contributed by atoms with Gasteiger partial charge in [-0.25, -0.2) is 4.98 Å².